The molecule has 7 heteroatoms. The monoisotopic (exact) mass is 334 g/mol. The largest absolute Gasteiger partial charge is 0.417 e. The van der Waals surface area contributed by atoms with Crippen LogP contribution in [0.3, 0.4) is 0 Å². The molecule has 2 aromatic rings. The summed E-state index contributed by atoms with van der Waals surface area (Å²) in [5, 5.41) is 5.71. The number of hydrogen-bond acceptors (Lipinski definition) is 3. The molecule has 1 atom stereocenters. The third-order valence-corrected chi connectivity index (χ3v) is 4.34. The average Bonchev–Trinajstić information content (AvgIpc) is 2.85. The van der Waals surface area contributed by atoms with Crippen LogP contribution in [0.15, 0.2) is 29.8 Å². The van der Waals surface area contributed by atoms with Crippen molar-refractivity contribution in [1.82, 2.24) is 10.3 Å². The molecule has 0 amide bonds. The fourth-order valence-electron chi connectivity index (χ4n) is 1.88. The Morgan fingerprint density at radius 1 is 1.33 bits per heavy atom. The maximum Gasteiger partial charge on any atom is 0.417 e. The fraction of sp³-hybridized carbons (Fsp3) is 0.357. The normalized spacial score (nSPS) is 13.4. The van der Waals surface area contributed by atoms with Crippen LogP contribution in [-0.2, 0) is 6.18 Å². The molecule has 114 valence electrons. The van der Waals surface area contributed by atoms with Gasteiger partial charge in [0.05, 0.1) is 22.3 Å². The van der Waals surface area contributed by atoms with Gasteiger partial charge in [0.25, 0.3) is 0 Å². The predicted octanol–water partition coefficient (Wildman–Crippen LogP) is 4.90. The van der Waals surface area contributed by atoms with Crippen molar-refractivity contribution in [3.8, 4) is 0 Å². The first-order valence-electron chi connectivity index (χ1n) is 6.43. The van der Waals surface area contributed by atoms with Gasteiger partial charge in [0.1, 0.15) is 0 Å². The SMILES string of the molecule is CCCNC(c1ccc(C(F)(F)F)cn1)c1sccc1Cl. The van der Waals surface area contributed by atoms with Crippen LogP contribution < -0.4 is 5.32 Å². The molecule has 0 aliphatic heterocycles. The molecule has 0 fully saturated rings. The Labute approximate surface area is 130 Å². The Balaban J connectivity index is 2.31. The van der Waals surface area contributed by atoms with Crippen LogP contribution in [-0.4, -0.2) is 11.5 Å². The van der Waals surface area contributed by atoms with E-state index in [0.29, 0.717) is 10.7 Å². The van der Waals surface area contributed by atoms with E-state index in [1.54, 1.807) is 6.07 Å². The Morgan fingerprint density at radius 3 is 2.57 bits per heavy atom. The molecule has 0 saturated heterocycles. The van der Waals surface area contributed by atoms with E-state index in [4.69, 9.17) is 11.6 Å². The van der Waals surface area contributed by atoms with Crippen molar-refractivity contribution in [2.75, 3.05) is 6.54 Å². The second-order valence-corrected chi connectivity index (χ2v) is 5.84. The van der Waals surface area contributed by atoms with Crippen LogP contribution in [0, 0.1) is 0 Å². The summed E-state index contributed by atoms with van der Waals surface area (Å²) in [6, 6.07) is 3.92. The third kappa shape index (κ3) is 3.96. The molecule has 0 aliphatic carbocycles. The van der Waals surface area contributed by atoms with Gasteiger partial charge in [-0.05, 0) is 36.5 Å². The highest BCUT2D eigenvalue weighted by Gasteiger charge is 2.31. The van der Waals surface area contributed by atoms with E-state index in [9.17, 15) is 13.2 Å². The van der Waals surface area contributed by atoms with Gasteiger partial charge in [-0.2, -0.15) is 13.2 Å². The second kappa shape index (κ2) is 6.77. The van der Waals surface area contributed by atoms with Crippen LogP contribution in [0.4, 0.5) is 13.2 Å². The summed E-state index contributed by atoms with van der Waals surface area (Å²) >= 11 is 7.59. The van der Waals surface area contributed by atoms with Crippen LogP contribution in [0.2, 0.25) is 5.02 Å². The average molecular weight is 335 g/mol. The minimum Gasteiger partial charge on any atom is -0.304 e. The van der Waals surface area contributed by atoms with Gasteiger partial charge in [0, 0.05) is 11.1 Å². The first-order valence-corrected chi connectivity index (χ1v) is 7.68. The van der Waals surface area contributed by atoms with Crippen molar-refractivity contribution in [3.63, 3.8) is 0 Å². The molecule has 1 unspecified atom stereocenters. The zero-order valence-electron chi connectivity index (χ0n) is 11.2. The Hall–Kier alpha value is -1.11. The number of thiophene rings is 1. The van der Waals surface area contributed by atoms with Gasteiger partial charge in [-0.1, -0.05) is 18.5 Å². The molecule has 2 aromatic heterocycles. The second-order valence-electron chi connectivity index (χ2n) is 4.49. The maximum absolute atomic E-state index is 12.6. The lowest BCUT2D eigenvalue weighted by molar-refractivity contribution is -0.137. The molecule has 0 bridgehead atoms. The molecule has 0 radical (unpaired) electrons. The smallest absolute Gasteiger partial charge is 0.304 e. The van der Waals surface area contributed by atoms with Gasteiger partial charge >= 0.3 is 6.18 Å². The Kier molecular flexibility index (Phi) is 5.24. The molecule has 2 nitrogen and oxygen atoms in total. The molecule has 2 rings (SSSR count). The topological polar surface area (TPSA) is 24.9 Å². The number of nitrogens with one attached hydrogen (secondary N) is 1. The maximum atomic E-state index is 12.6. The van der Waals surface area contributed by atoms with E-state index in [1.807, 2.05) is 12.3 Å². The van der Waals surface area contributed by atoms with E-state index in [0.717, 1.165) is 30.1 Å². The minimum absolute atomic E-state index is 0.292. The summed E-state index contributed by atoms with van der Waals surface area (Å²) in [5.74, 6) is 0. The molecular weight excluding hydrogens is 321 g/mol. The quantitative estimate of drug-likeness (QED) is 0.840. The van der Waals surface area contributed by atoms with Crippen molar-refractivity contribution >= 4 is 22.9 Å². The summed E-state index contributed by atoms with van der Waals surface area (Å²) < 4.78 is 37.8. The number of pyridine rings is 1. The van der Waals surface area contributed by atoms with E-state index < -0.39 is 11.7 Å². The molecule has 0 aliphatic rings. The Bertz CT molecular complexity index is 581. The Morgan fingerprint density at radius 2 is 2.10 bits per heavy atom. The van der Waals surface area contributed by atoms with Crippen LogP contribution >= 0.6 is 22.9 Å². The lowest BCUT2D eigenvalue weighted by atomic mass is 10.1. The molecule has 2 heterocycles. The van der Waals surface area contributed by atoms with E-state index in [1.165, 1.54) is 17.4 Å². The number of rotatable bonds is 5. The van der Waals surface area contributed by atoms with Crippen LogP contribution in [0.25, 0.3) is 0 Å². The van der Waals surface area contributed by atoms with Gasteiger partial charge in [-0.15, -0.1) is 11.3 Å². The van der Waals surface area contributed by atoms with E-state index in [-0.39, 0.29) is 6.04 Å². The highest BCUT2D eigenvalue weighted by Crippen LogP contribution is 2.34. The number of nitrogens with zero attached hydrogens (tertiary/aromatic N) is 1. The van der Waals surface area contributed by atoms with Crippen molar-refractivity contribution in [3.05, 3.63) is 50.9 Å². The summed E-state index contributed by atoms with van der Waals surface area (Å²) in [4.78, 5) is 4.82. The van der Waals surface area contributed by atoms with E-state index >= 15 is 0 Å². The van der Waals surface area contributed by atoms with Gasteiger partial charge in [0.2, 0.25) is 0 Å². The molecule has 1 N–H and O–H groups in total. The number of alkyl halides is 3. The molecule has 21 heavy (non-hydrogen) atoms. The van der Waals surface area contributed by atoms with Crippen LogP contribution in [0.5, 0.6) is 0 Å². The molecule has 0 saturated carbocycles. The zero-order valence-corrected chi connectivity index (χ0v) is 12.8. The standard InChI is InChI=1S/C14H14ClF3N2S/c1-2-6-19-12(13-10(15)5-7-21-13)11-4-3-9(8-20-11)14(16,17)18/h3-5,7-8,12,19H,2,6H2,1H3. The zero-order chi connectivity index (χ0) is 15.5. The molecule has 0 aromatic carbocycles. The third-order valence-electron chi connectivity index (χ3n) is 2.91. The minimum atomic E-state index is -4.38. The predicted molar refractivity (Wildman–Crippen MR) is 78.7 cm³/mol. The lowest BCUT2D eigenvalue weighted by Crippen LogP contribution is -2.23. The van der Waals surface area contributed by atoms with Crippen LogP contribution in [0.1, 0.15) is 35.5 Å². The lowest BCUT2D eigenvalue weighted by Gasteiger charge is -2.18. The van der Waals surface area contributed by atoms with Crippen molar-refractivity contribution < 1.29 is 13.2 Å². The number of hydrogen-bond donors (Lipinski definition) is 1. The van der Waals surface area contributed by atoms with Crippen molar-refractivity contribution in [1.29, 1.82) is 0 Å². The first-order chi connectivity index (χ1) is 9.93. The van der Waals surface area contributed by atoms with Crippen molar-refractivity contribution in [2.24, 2.45) is 0 Å². The van der Waals surface area contributed by atoms with Gasteiger partial charge in [0.15, 0.2) is 0 Å². The fourth-order valence-corrected chi connectivity index (χ4v) is 3.13. The highest BCUT2D eigenvalue weighted by molar-refractivity contribution is 7.10. The number of halogens is 4. The highest BCUT2D eigenvalue weighted by atomic mass is 35.5. The first kappa shape index (κ1) is 16.3. The summed E-state index contributed by atoms with van der Waals surface area (Å²) in [6.45, 7) is 2.74. The van der Waals surface area contributed by atoms with Crippen molar-refractivity contribution in [2.45, 2.75) is 25.6 Å². The summed E-state index contributed by atoms with van der Waals surface area (Å²) in [5.41, 5.74) is -0.224. The van der Waals surface area contributed by atoms with Gasteiger partial charge in [-0.25, -0.2) is 0 Å². The van der Waals surface area contributed by atoms with E-state index in [2.05, 4.69) is 10.3 Å². The van der Waals surface area contributed by atoms with Gasteiger partial charge < -0.3 is 5.32 Å². The van der Waals surface area contributed by atoms with Gasteiger partial charge in [-0.3, -0.25) is 4.98 Å². The molecular formula is C14H14ClF3N2S. The molecule has 0 spiro atoms. The summed E-state index contributed by atoms with van der Waals surface area (Å²) in [6.07, 6.45) is -2.62. The summed E-state index contributed by atoms with van der Waals surface area (Å²) in [7, 11) is 0. The number of aromatic nitrogens is 1.